The van der Waals surface area contributed by atoms with Crippen LogP contribution in [0.3, 0.4) is 0 Å². The van der Waals surface area contributed by atoms with E-state index in [1.54, 1.807) is 7.11 Å². The fraction of sp³-hybridized carbons (Fsp3) is 0.600. The van der Waals surface area contributed by atoms with Crippen molar-refractivity contribution in [3.8, 4) is 5.75 Å². The zero-order chi connectivity index (χ0) is 14.4. The van der Waals surface area contributed by atoms with Crippen LogP contribution in [0.5, 0.6) is 5.75 Å². The van der Waals surface area contributed by atoms with Gasteiger partial charge in [0.25, 0.3) is 0 Å². The van der Waals surface area contributed by atoms with Crippen LogP contribution in [-0.4, -0.2) is 29.8 Å². The van der Waals surface area contributed by atoms with Crippen LogP contribution in [0, 0.1) is 0 Å². The van der Waals surface area contributed by atoms with E-state index in [1.165, 1.54) is 6.42 Å². The Labute approximate surface area is 128 Å². The maximum atomic E-state index is 12.1. The third-order valence-electron chi connectivity index (χ3n) is 3.49. The highest BCUT2D eigenvalue weighted by Gasteiger charge is 2.15. The molecule has 112 valence electrons. The Kier molecular flexibility index (Phi) is 6.33. The lowest BCUT2D eigenvalue weighted by atomic mass is 10.1. The van der Waals surface area contributed by atoms with Crippen molar-refractivity contribution in [2.45, 2.75) is 37.5 Å². The standard InChI is InChI=1S/C15H21ClO3S/c1-18-15-6-5-12(10-14(15)16)11-20(17)9-7-13-4-2-3-8-19-13/h5-6,10,13H,2-4,7-9,11H2,1H3/t13-,20-/m1/s1. The maximum absolute atomic E-state index is 12.1. The third kappa shape index (κ3) is 4.76. The van der Waals surface area contributed by atoms with Crippen LogP contribution >= 0.6 is 11.6 Å². The zero-order valence-corrected chi connectivity index (χ0v) is 13.3. The van der Waals surface area contributed by atoms with E-state index in [4.69, 9.17) is 21.1 Å². The summed E-state index contributed by atoms with van der Waals surface area (Å²) in [4.78, 5) is 0. The Balaban J connectivity index is 1.80. The maximum Gasteiger partial charge on any atom is 0.137 e. The molecule has 0 bridgehead atoms. The van der Waals surface area contributed by atoms with Gasteiger partial charge in [-0.25, -0.2) is 0 Å². The van der Waals surface area contributed by atoms with Gasteiger partial charge in [0.15, 0.2) is 0 Å². The minimum atomic E-state index is -0.869. The van der Waals surface area contributed by atoms with Gasteiger partial charge in [0.2, 0.25) is 0 Å². The number of rotatable bonds is 6. The predicted molar refractivity (Wildman–Crippen MR) is 82.9 cm³/mol. The van der Waals surface area contributed by atoms with Gasteiger partial charge >= 0.3 is 0 Å². The van der Waals surface area contributed by atoms with Gasteiger partial charge in [0, 0.05) is 28.9 Å². The summed E-state index contributed by atoms with van der Waals surface area (Å²) in [7, 11) is 0.718. The zero-order valence-electron chi connectivity index (χ0n) is 11.8. The topological polar surface area (TPSA) is 35.5 Å². The molecule has 1 heterocycles. The van der Waals surface area contributed by atoms with Crippen LogP contribution < -0.4 is 4.74 Å². The number of methoxy groups -OCH3 is 1. The van der Waals surface area contributed by atoms with E-state index in [9.17, 15) is 4.21 Å². The normalized spacial score (nSPS) is 20.6. The van der Waals surface area contributed by atoms with Crippen molar-refractivity contribution in [3.05, 3.63) is 28.8 Å². The van der Waals surface area contributed by atoms with E-state index in [2.05, 4.69) is 0 Å². The molecule has 1 aliphatic heterocycles. The second kappa shape index (κ2) is 8.01. The van der Waals surface area contributed by atoms with Crippen molar-refractivity contribution in [2.24, 2.45) is 0 Å². The van der Waals surface area contributed by atoms with Crippen LogP contribution in [0.1, 0.15) is 31.2 Å². The van der Waals surface area contributed by atoms with Crippen LogP contribution in [0.2, 0.25) is 5.02 Å². The molecular formula is C15H21ClO3S. The first kappa shape index (κ1) is 15.8. The highest BCUT2D eigenvalue weighted by atomic mass is 35.5. The Morgan fingerprint density at radius 1 is 1.45 bits per heavy atom. The van der Waals surface area contributed by atoms with Crippen LogP contribution in [0.15, 0.2) is 18.2 Å². The quantitative estimate of drug-likeness (QED) is 0.805. The highest BCUT2D eigenvalue weighted by molar-refractivity contribution is 7.84. The number of halogens is 1. The molecule has 0 N–H and O–H groups in total. The van der Waals surface area contributed by atoms with Crippen LogP contribution in [0.25, 0.3) is 0 Å². The van der Waals surface area contributed by atoms with Gasteiger partial charge in [0.1, 0.15) is 5.75 Å². The molecule has 5 heteroatoms. The molecule has 0 saturated carbocycles. The number of benzene rings is 1. The van der Waals surface area contributed by atoms with Crippen molar-refractivity contribution in [1.82, 2.24) is 0 Å². The summed E-state index contributed by atoms with van der Waals surface area (Å²) in [6.45, 7) is 0.853. The Hall–Kier alpha value is -0.580. The number of ether oxygens (including phenoxy) is 2. The van der Waals surface area contributed by atoms with Gasteiger partial charge in [-0.1, -0.05) is 17.7 Å². The summed E-state index contributed by atoms with van der Waals surface area (Å²) in [5, 5.41) is 0.567. The predicted octanol–water partition coefficient (Wildman–Crippen LogP) is 3.56. The van der Waals surface area contributed by atoms with Gasteiger partial charge in [-0.05, 0) is 43.4 Å². The Morgan fingerprint density at radius 2 is 2.30 bits per heavy atom. The molecule has 0 amide bonds. The van der Waals surface area contributed by atoms with E-state index >= 15 is 0 Å². The first-order chi connectivity index (χ1) is 9.69. The minimum Gasteiger partial charge on any atom is -0.495 e. The molecule has 0 radical (unpaired) electrons. The smallest absolute Gasteiger partial charge is 0.137 e. The molecule has 1 aromatic carbocycles. The van der Waals surface area contributed by atoms with Gasteiger partial charge in [0.05, 0.1) is 18.2 Å². The van der Waals surface area contributed by atoms with E-state index in [1.807, 2.05) is 18.2 Å². The van der Waals surface area contributed by atoms with Crippen molar-refractivity contribution < 1.29 is 13.7 Å². The molecule has 0 aliphatic carbocycles. The summed E-state index contributed by atoms with van der Waals surface area (Å²) in [5.41, 5.74) is 0.985. The van der Waals surface area contributed by atoms with Crippen molar-refractivity contribution in [2.75, 3.05) is 19.5 Å². The Morgan fingerprint density at radius 3 is 2.95 bits per heavy atom. The van der Waals surface area contributed by atoms with Crippen molar-refractivity contribution in [1.29, 1.82) is 0 Å². The fourth-order valence-corrected chi connectivity index (χ4v) is 3.86. The molecule has 3 nitrogen and oxygen atoms in total. The SMILES string of the molecule is COc1ccc(C[S@](=O)CC[C@H]2CCCCO2)cc1Cl. The summed E-state index contributed by atoms with van der Waals surface area (Å²) in [6, 6.07) is 5.56. The molecule has 0 aromatic heterocycles. The average Bonchev–Trinajstić information content (AvgIpc) is 2.46. The van der Waals surface area contributed by atoms with Crippen LogP contribution in [-0.2, 0) is 21.3 Å². The molecular weight excluding hydrogens is 296 g/mol. The number of hydrogen-bond donors (Lipinski definition) is 0. The molecule has 1 aliphatic rings. The summed E-state index contributed by atoms with van der Waals surface area (Å²) >= 11 is 6.07. The molecule has 2 rings (SSSR count). The van der Waals surface area contributed by atoms with Crippen molar-refractivity contribution in [3.63, 3.8) is 0 Å². The largest absolute Gasteiger partial charge is 0.495 e. The van der Waals surface area contributed by atoms with E-state index < -0.39 is 10.8 Å². The number of hydrogen-bond acceptors (Lipinski definition) is 3. The van der Waals surface area contributed by atoms with Crippen LogP contribution in [0.4, 0.5) is 0 Å². The third-order valence-corrected chi connectivity index (χ3v) is 5.13. The Bertz CT molecular complexity index is 458. The monoisotopic (exact) mass is 316 g/mol. The van der Waals surface area contributed by atoms with E-state index in [-0.39, 0.29) is 0 Å². The lowest BCUT2D eigenvalue weighted by Crippen LogP contribution is -2.21. The first-order valence-corrected chi connectivity index (χ1v) is 8.84. The van der Waals surface area contributed by atoms with E-state index in [0.29, 0.717) is 28.4 Å². The van der Waals surface area contributed by atoms with Crippen molar-refractivity contribution >= 4 is 22.4 Å². The second-order valence-corrected chi connectivity index (χ2v) is 7.02. The first-order valence-electron chi connectivity index (χ1n) is 6.98. The van der Waals surface area contributed by atoms with Gasteiger partial charge in [-0.15, -0.1) is 0 Å². The minimum absolute atomic E-state index is 0.298. The van der Waals surface area contributed by atoms with E-state index in [0.717, 1.165) is 31.4 Å². The lowest BCUT2D eigenvalue weighted by Gasteiger charge is -2.22. The lowest BCUT2D eigenvalue weighted by molar-refractivity contribution is 0.0148. The molecule has 0 unspecified atom stereocenters. The molecule has 1 fully saturated rings. The molecule has 1 saturated heterocycles. The molecule has 20 heavy (non-hydrogen) atoms. The summed E-state index contributed by atoms with van der Waals surface area (Å²) in [5.74, 6) is 1.88. The summed E-state index contributed by atoms with van der Waals surface area (Å²) in [6.07, 6.45) is 4.67. The summed E-state index contributed by atoms with van der Waals surface area (Å²) < 4.78 is 22.9. The molecule has 1 aromatic rings. The van der Waals surface area contributed by atoms with Gasteiger partial charge in [-0.2, -0.15) is 0 Å². The average molecular weight is 317 g/mol. The fourth-order valence-electron chi connectivity index (χ4n) is 2.36. The molecule has 0 spiro atoms. The second-order valence-electron chi connectivity index (χ2n) is 5.03. The van der Waals surface area contributed by atoms with Gasteiger partial charge in [-0.3, -0.25) is 4.21 Å². The van der Waals surface area contributed by atoms with Gasteiger partial charge < -0.3 is 9.47 Å². The molecule has 2 atom stereocenters. The highest BCUT2D eigenvalue weighted by Crippen LogP contribution is 2.25.